The lowest BCUT2D eigenvalue weighted by Crippen LogP contribution is -2.27. The summed E-state index contributed by atoms with van der Waals surface area (Å²) >= 11 is 10.5. The van der Waals surface area contributed by atoms with E-state index in [0.717, 1.165) is 0 Å². The summed E-state index contributed by atoms with van der Waals surface area (Å²) in [5, 5.41) is 25.1. The molecule has 0 aromatic heterocycles. The van der Waals surface area contributed by atoms with Gasteiger partial charge in [0.25, 0.3) is 0 Å². The minimum absolute atomic E-state index is 0.130. The second kappa shape index (κ2) is 6.49. The molecular formula is C14H12N2O2S2. The Kier molecular flexibility index (Phi) is 4.70. The van der Waals surface area contributed by atoms with Gasteiger partial charge in [-0.3, -0.25) is 0 Å². The van der Waals surface area contributed by atoms with Gasteiger partial charge in [-0.15, -0.1) is 0 Å². The summed E-state index contributed by atoms with van der Waals surface area (Å²) in [6.07, 6.45) is 12.1. The molecule has 0 amide bonds. The van der Waals surface area contributed by atoms with Crippen LogP contribution in [0.4, 0.5) is 0 Å². The van der Waals surface area contributed by atoms with Crippen LogP contribution in [0.2, 0.25) is 0 Å². The van der Waals surface area contributed by atoms with E-state index in [1.165, 1.54) is 0 Å². The van der Waals surface area contributed by atoms with Crippen LogP contribution in [0.5, 0.6) is 0 Å². The Hall–Kier alpha value is -1.92. The van der Waals surface area contributed by atoms with Crippen LogP contribution in [0, 0.1) is 0 Å². The SMILES string of the molecule is ON=C(C1=CC=CCC1=S)C(=NO)C1=CC=CCC1=S. The van der Waals surface area contributed by atoms with Crippen LogP contribution in [0.25, 0.3) is 0 Å². The van der Waals surface area contributed by atoms with Gasteiger partial charge in [0.15, 0.2) is 0 Å². The fourth-order valence-electron chi connectivity index (χ4n) is 1.96. The molecule has 0 heterocycles. The van der Waals surface area contributed by atoms with Crippen molar-refractivity contribution >= 4 is 45.6 Å². The smallest absolute Gasteiger partial charge is 0.140 e. The highest BCUT2D eigenvalue weighted by Crippen LogP contribution is 2.19. The van der Waals surface area contributed by atoms with E-state index in [0.29, 0.717) is 33.7 Å². The highest BCUT2D eigenvalue weighted by molar-refractivity contribution is 7.81. The summed E-state index contributed by atoms with van der Waals surface area (Å²) < 4.78 is 0. The Labute approximate surface area is 127 Å². The van der Waals surface area contributed by atoms with E-state index in [1.54, 1.807) is 12.2 Å². The van der Waals surface area contributed by atoms with E-state index < -0.39 is 0 Å². The maximum atomic E-state index is 9.30. The van der Waals surface area contributed by atoms with Crippen molar-refractivity contribution in [2.45, 2.75) is 12.8 Å². The van der Waals surface area contributed by atoms with Crippen LogP contribution >= 0.6 is 24.4 Å². The number of hydrogen-bond donors (Lipinski definition) is 2. The van der Waals surface area contributed by atoms with Crippen molar-refractivity contribution in [3.8, 4) is 0 Å². The van der Waals surface area contributed by atoms with Crippen LogP contribution in [-0.2, 0) is 0 Å². The third-order valence-electron chi connectivity index (χ3n) is 2.94. The lowest BCUT2D eigenvalue weighted by atomic mass is 9.90. The molecule has 0 aromatic carbocycles. The first-order valence-electron chi connectivity index (χ1n) is 5.94. The lowest BCUT2D eigenvalue weighted by molar-refractivity contribution is 0.314. The molecule has 0 saturated carbocycles. The highest BCUT2D eigenvalue weighted by atomic mass is 32.1. The Morgan fingerprint density at radius 1 is 0.850 bits per heavy atom. The fourth-order valence-corrected chi connectivity index (χ4v) is 2.49. The molecule has 0 fully saturated rings. The van der Waals surface area contributed by atoms with Gasteiger partial charge < -0.3 is 10.4 Å². The second-order valence-electron chi connectivity index (χ2n) is 4.17. The molecule has 20 heavy (non-hydrogen) atoms. The maximum absolute atomic E-state index is 9.30. The normalized spacial score (nSPS) is 20.0. The average Bonchev–Trinajstić information content (AvgIpc) is 2.47. The zero-order valence-electron chi connectivity index (χ0n) is 10.5. The fraction of sp³-hybridized carbons (Fsp3) is 0.143. The predicted molar refractivity (Wildman–Crippen MR) is 87.3 cm³/mol. The number of oxime groups is 2. The summed E-state index contributed by atoms with van der Waals surface area (Å²) in [5.74, 6) is 0. The molecule has 6 heteroatoms. The van der Waals surface area contributed by atoms with Crippen molar-refractivity contribution in [2.24, 2.45) is 10.3 Å². The molecule has 0 bridgehead atoms. The zero-order valence-corrected chi connectivity index (χ0v) is 12.1. The van der Waals surface area contributed by atoms with Gasteiger partial charge in [-0.25, -0.2) is 0 Å². The summed E-state index contributed by atoms with van der Waals surface area (Å²) in [6.45, 7) is 0. The minimum Gasteiger partial charge on any atom is -0.410 e. The van der Waals surface area contributed by atoms with Crippen molar-refractivity contribution in [2.75, 3.05) is 0 Å². The molecule has 2 aliphatic carbocycles. The largest absolute Gasteiger partial charge is 0.410 e. The summed E-state index contributed by atoms with van der Waals surface area (Å²) in [6, 6.07) is 0. The first-order chi connectivity index (χ1) is 9.69. The van der Waals surface area contributed by atoms with E-state index in [2.05, 4.69) is 10.3 Å². The van der Waals surface area contributed by atoms with Gasteiger partial charge in [-0.05, 0) is 0 Å². The van der Waals surface area contributed by atoms with Crippen molar-refractivity contribution < 1.29 is 10.4 Å². The number of hydrogen-bond acceptors (Lipinski definition) is 6. The Morgan fingerprint density at radius 2 is 1.25 bits per heavy atom. The number of rotatable bonds is 3. The van der Waals surface area contributed by atoms with Crippen LogP contribution in [0.15, 0.2) is 57.9 Å². The first kappa shape index (κ1) is 14.5. The second-order valence-corrected chi connectivity index (χ2v) is 5.15. The standard InChI is InChI=1S/C14H12N2O2S2/c17-15-13(9-5-1-3-7-11(9)19)14(16-18)10-6-2-4-8-12(10)20/h1-6,17-18H,7-8H2. The van der Waals surface area contributed by atoms with Crippen molar-refractivity contribution in [3.63, 3.8) is 0 Å². The van der Waals surface area contributed by atoms with E-state index in [-0.39, 0.29) is 11.4 Å². The molecule has 0 radical (unpaired) electrons. The third kappa shape index (κ3) is 2.81. The summed E-state index contributed by atoms with van der Waals surface area (Å²) in [7, 11) is 0. The Morgan fingerprint density at radius 3 is 1.55 bits per heavy atom. The molecule has 2 N–H and O–H groups in total. The average molecular weight is 304 g/mol. The van der Waals surface area contributed by atoms with Crippen molar-refractivity contribution in [1.29, 1.82) is 0 Å². The van der Waals surface area contributed by atoms with Gasteiger partial charge in [0.1, 0.15) is 11.4 Å². The summed E-state index contributed by atoms with van der Waals surface area (Å²) in [4.78, 5) is 1.25. The molecule has 0 atom stereocenters. The van der Waals surface area contributed by atoms with Gasteiger partial charge >= 0.3 is 0 Å². The molecule has 4 nitrogen and oxygen atoms in total. The molecule has 0 spiro atoms. The lowest BCUT2D eigenvalue weighted by Gasteiger charge is -2.16. The van der Waals surface area contributed by atoms with Gasteiger partial charge in [0.2, 0.25) is 0 Å². The van der Waals surface area contributed by atoms with Gasteiger partial charge in [-0.2, -0.15) is 0 Å². The Balaban J connectivity index is 2.45. The van der Waals surface area contributed by atoms with Crippen molar-refractivity contribution in [1.82, 2.24) is 0 Å². The monoisotopic (exact) mass is 304 g/mol. The van der Waals surface area contributed by atoms with E-state index >= 15 is 0 Å². The molecule has 0 aromatic rings. The number of nitrogens with zero attached hydrogens (tertiary/aromatic N) is 2. The molecule has 0 unspecified atom stereocenters. The molecule has 2 aliphatic rings. The first-order valence-corrected chi connectivity index (χ1v) is 6.76. The van der Waals surface area contributed by atoms with Gasteiger partial charge in [-0.1, -0.05) is 71.2 Å². The van der Waals surface area contributed by atoms with E-state index in [9.17, 15) is 10.4 Å². The maximum Gasteiger partial charge on any atom is 0.140 e. The van der Waals surface area contributed by atoms with Gasteiger partial charge in [0, 0.05) is 33.7 Å². The summed E-state index contributed by atoms with van der Waals surface area (Å²) in [5.41, 5.74) is 1.39. The quantitative estimate of drug-likeness (QED) is 0.364. The molecule has 0 aliphatic heterocycles. The van der Waals surface area contributed by atoms with Crippen LogP contribution in [0.1, 0.15) is 12.8 Å². The highest BCUT2D eigenvalue weighted by Gasteiger charge is 2.25. The van der Waals surface area contributed by atoms with Crippen LogP contribution in [0.3, 0.4) is 0 Å². The number of allylic oxidation sites excluding steroid dienone is 8. The van der Waals surface area contributed by atoms with E-state index in [1.807, 2.05) is 24.3 Å². The minimum atomic E-state index is 0.130. The number of thiocarbonyl (C=S) groups is 2. The van der Waals surface area contributed by atoms with Crippen LogP contribution in [-0.4, -0.2) is 31.6 Å². The third-order valence-corrected chi connectivity index (χ3v) is 3.71. The zero-order chi connectivity index (χ0) is 14.5. The van der Waals surface area contributed by atoms with E-state index in [4.69, 9.17) is 24.4 Å². The van der Waals surface area contributed by atoms with Crippen molar-refractivity contribution in [3.05, 3.63) is 47.6 Å². The molecular weight excluding hydrogens is 292 g/mol. The van der Waals surface area contributed by atoms with Crippen LogP contribution < -0.4 is 0 Å². The molecule has 2 rings (SSSR count). The topological polar surface area (TPSA) is 65.2 Å². The molecule has 0 saturated heterocycles. The Bertz CT molecular complexity index is 582. The molecule has 102 valence electrons. The van der Waals surface area contributed by atoms with Gasteiger partial charge in [0.05, 0.1) is 0 Å². The predicted octanol–water partition coefficient (Wildman–Crippen LogP) is 3.16.